The summed E-state index contributed by atoms with van der Waals surface area (Å²) >= 11 is 0. The molecule has 1 saturated carbocycles. The smallest absolute Gasteiger partial charge is 0.318 e. The third-order valence-corrected chi connectivity index (χ3v) is 5.15. The largest absolute Gasteiger partial charge is 0.406 e. The van der Waals surface area contributed by atoms with Crippen LogP contribution in [0, 0.1) is 5.92 Å². The number of nitrogens with zero attached hydrogens (tertiary/aromatic N) is 3. The Balaban J connectivity index is 1.51. The van der Waals surface area contributed by atoms with Gasteiger partial charge in [0.2, 0.25) is 11.8 Å². The lowest BCUT2D eigenvalue weighted by Gasteiger charge is -2.18. The molecule has 1 aromatic heterocycles. The molecule has 1 aliphatic heterocycles. The Morgan fingerprint density at radius 2 is 1.85 bits per heavy atom. The number of amides is 1. The molecular weight excluding hydrogens is 328 g/mol. The zero-order chi connectivity index (χ0) is 17.8. The van der Waals surface area contributed by atoms with E-state index in [0.29, 0.717) is 18.3 Å². The van der Waals surface area contributed by atoms with Gasteiger partial charge in [0.05, 0.1) is 0 Å². The molecule has 6 nitrogen and oxygen atoms in total. The summed E-state index contributed by atoms with van der Waals surface area (Å²) in [5, 5.41) is 11.7. The second-order valence-electron chi connectivity index (χ2n) is 7.35. The first-order valence-electron chi connectivity index (χ1n) is 9.72. The molecule has 1 N–H and O–H groups in total. The average molecular weight is 354 g/mol. The average Bonchev–Trinajstić information content (AvgIpc) is 3.45. The lowest BCUT2D eigenvalue weighted by atomic mass is 10.1. The Kier molecular flexibility index (Phi) is 5.18. The van der Waals surface area contributed by atoms with Crippen molar-refractivity contribution in [2.24, 2.45) is 5.92 Å². The summed E-state index contributed by atoms with van der Waals surface area (Å²) in [5.74, 6) is 0.754. The van der Waals surface area contributed by atoms with Crippen molar-refractivity contribution in [2.75, 3.05) is 18.0 Å². The maximum Gasteiger partial charge on any atom is 0.318 e. The number of hydrogen-bond acceptors (Lipinski definition) is 5. The molecule has 4 rings (SSSR count). The Labute approximate surface area is 154 Å². The number of nitrogens with one attached hydrogen (secondary N) is 1. The van der Waals surface area contributed by atoms with Crippen molar-refractivity contribution in [3.05, 3.63) is 41.8 Å². The number of carbonyl (C=O) groups excluding carboxylic acids is 1. The molecule has 26 heavy (non-hydrogen) atoms. The van der Waals surface area contributed by atoms with Crippen molar-refractivity contribution in [2.45, 2.75) is 51.0 Å². The van der Waals surface area contributed by atoms with Crippen LogP contribution in [0.4, 0.5) is 6.01 Å². The van der Waals surface area contributed by atoms with Gasteiger partial charge >= 0.3 is 6.01 Å². The summed E-state index contributed by atoms with van der Waals surface area (Å²) in [7, 11) is 0. The number of rotatable bonds is 6. The van der Waals surface area contributed by atoms with Crippen molar-refractivity contribution in [3.63, 3.8) is 0 Å². The minimum absolute atomic E-state index is 0.0976. The topological polar surface area (TPSA) is 71.3 Å². The van der Waals surface area contributed by atoms with Crippen LogP contribution >= 0.6 is 0 Å². The van der Waals surface area contributed by atoms with E-state index in [2.05, 4.69) is 32.5 Å². The van der Waals surface area contributed by atoms with E-state index in [1.165, 1.54) is 12.8 Å². The Morgan fingerprint density at radius 3 is 2.54 bits per heavy atom. The van der Waals surface area contributed by atoms with Gasteiger partial charge in [0.25, 0.3) is 0 Å². The molecule has 2 aliphatic rings. The molecule has 1 amide bonds. The molecule has 6 heteroatoms. The van der Waals surface area contributed by atoms with Crippen LogP contribution in [0.2, 0.25) is 0 Å². The highest BCUT2D eigenvalue weighted by atomic mass is 16.4. The van der Waals surface area contributed by atoms with Crippen molar-refractivity contribution in [3.8, 4) is 0 Å². The molecule has 2 fully saturated rings. The highest BCUT2D eigenvalue weighted by molar-refractivity contribution is 5.81. The highest BCUT2D eigenvalue weighted by Gasteiger charge is 2.33. The lowest BCUT2D eigenvalue weighted by molar-refractivity contribution is -0.123. The summed E-state index contributed by atoms with van der Waals surface area (Å²) in [6, 6.07) is 10.4. The predicted molar refractivity (Wildman–Crippen MR) is 98.7 cm³/mol. The van der Waals surface area contributed by atoms with Gasteiger partial charge in [0.1, 0.15) is 6.04 Å². The highest BCUT2D eigenvalue weighted by Crippen LogP contribution is 2.30. The lowest BCUT2D eigenvalue weighted by Crippen LogP contribution is -2.31. The summed E-state index contributed by atoms with van der Waals surface area (Å²) in [4.78, 5) is 14.5. The molecule has 138 valence electrons. The maximum atomic E-state index is 12.3. The predicted octanol–water partition coefficient (Wildman–Crippen LogP) is 3.26. The minimum Gasteiger partial charge on any atom is -0.406 e. The van der Waals surface area contributed by atoms with Crippen LogP contribution in [-0.4, -0.2) is 29.2 Å². The van der Waals surface area contributed by atoms with Gasteiger partial charge in [0, 0.05) is 25.4 Å². The SMILES string of the molecule is O=C(N[C@@H](Cc1ccccc1)c1nnc(N2CCCCCC2)o1)C1CC1. The normalized spacial score (nSPS) is 19.0. The van der Waals surface area contributed by atoms with Gasteiger partial charge in [-0.05, 0) is 31.2 Å². The zero-order valence-electron chi connectivity index (χ0n) is 15.1. The first-order chi connectivity index (χ1) is 12.8. The Hall–Kier alpha value is -2.37. The van der Waals surface area contributed by atoms with Crippen LogP contribution in [-0.2, 0) is 11.2 Å². The van der Waals surface area contributed by atoms with Gasteiger partial charge in [-0.25, -0.2) is 0 Å². The molecule has 1 aliphatic carbocycles. The molecule has 1 saturated heterocycles. The molecule has 0 radical (unpaired) electrons. The van der Waals surface area contributed by atoms with E-state index in [1.807, 2.05) is 18.2 Å². The van der Waals surface area contributed by atoms with Crippen LogP contribution in [0.3, 0.4) is 0 Å². The van der Waals surface area contributed by atoms with Crippen molar-refractivity contribution < 1.29 is 9.21 Å². The summed E-state index contributed by atoms with van der Waals surface area (Å²) in [6.45, 7) is 1.92. The Morgan fingerprint density at radius 1 is 1.12 bits per heavy atom. The van der Waals surface area contributed by atoms with Crippen LogP contribution < -0.4 is 10.2 Å². The Bertz CT molecular complexity index is 718. The maximum absolute atomic E-state index is 12.3. The summed E-state index contributed by atoms with van der Waals surface area (Å²) in [6.07, 6.45) is 7.44. The van der Waals surface area contributed by atoms with Gasteiger partial charge in [-0.1, -0.05) is 48.3 Å². The number of hydrogen-bond donors (Lipinski definition) is 1. The van der Waals surface area contributed by atoms with Crippen LogP contribution in [0.15, 0.2) is 34.7 Å². The fraction of sp³-hybridized carbons (Fsp3) is 0.550. The van der Waals surface area contributed by atoms with Crippen molar-refractivity contribution in [1.29, 1.82) is 0 Å². The molecule has 1 atom stereocenters. The van der Waals surface area contributed by atoms with E-state index in [9.17, 15) is 4.79 Å². The van der Waals surface area contributed by atoms with Gasteiger partial charge < -0.3 is 14.6 Å². The molecule has 2 heterocycles. The van der Waals surface area contributed by atoms with Crippen LogP contribution in [0.5, 0.6) is 0 Å². The zero-order valence-corrected chi connectivity index (χ0v) is 15.1. The third kappa shape index (κ3) is 4.23. The monoisotopic (exact) mass is 354 g/mol. The fourth-order valence-corrected chi connectivity index (χ4v) is 3.44. The quantitative estimate of drug-likeness (QED) is 0.862. The molecule has 0 spiro atoms. The van der Waals surface area contributed by atoms with Crippen molar-refractivity contribution in [1.82, 2.24) is 15.5 Å². The first kappa shape index (κ1) is 17.1. The third-order valence-electron chi connectivity index (χ3n) is 5.15. The molecular formula is C20H26N4O2. The van der Waals surface area contributed by atoms with E-state index >= 15 is 0 Å². The van der Waals surface area contributed by atoms with Gasteiger partial charge in [0.15, 0.2) is 0 Å². The number of benzene rings is 1. The number of carbonyl (C=O) groups is 1. The molecule has 0 bridgehead atoms. The molecule has 1 aromatic carbocycles. The first-order valence-corrected chi connectivity index (χ1v) is 9.72. The van der Waals surface area contributed by atoms with E-state index in [-0.39, 0.29) is 17.9 Å². The van der Waals surface area contributed by atoms with Crippen LogP contribution in [0.25, 0.3) is 0 Å². The van der Waals surface area contributed by atoms with Crippen molar-refractivity contribution >= 4 is 11.9 Å². The van der Waals surface area contributed by atoms with Gasteiger partial charge in [-0.2, -0.15) is 0 Å². The summed E-state index contributed by atoms with van der Waals surface area (Å²) in [5.41, 5.74) is 1.14. The number of anilines is 1. The fourth-order valence-electron chi connectivity index (χ4n) is 3.44. The second kappa shape index (κ2) is 7.89. The van der Waals surface area contributed by atoms with E-state index < -0.39 is 0 Å². The molecule has 2 aromatic rings. The van der Waals surface area contributed by atoms with Crippen LogP contribution in [0.1, 0.15) is 56.0 Å². The summed E-state index contributed by atoms with van der Waals surface area (Å²) < 4.78 is 6.00. The van der Waals surface area contributed by atoms with E-state index in [4.69, 9.17) is 4.42 Å². The van der Waals surface area contributed by atoms with Gasteiger partial charge in [-0.3, -0.25) is 4.79 Å². The van der Waals surface area contributed by atoms with Gasteiger partial charge in [-0.15, -0.1) is 5.10 Å². The second-order valence-corrected chi connectivity index (χ2v) is 7.35. The number of aromatic nitrogens is 2. The van der Waals surface area contributed by atoms with E-state index in [1.54, 1.807) is 0 Å². The van der Waals surface area contributed by atoms with E-state index in [0.717, 1.165) is 44.3 Å². The standard InChI is InChI=1S/C20H26N4O2/c25-18(16-10-11-16)21-17(14-15-8-4-3-5-9-15)19-22-23-20(26-19)24-12-6-1-2-7-13-24/h3-5,8-9,16-17H,1-2,6-7,10-14H2,(H,21,25)/t17-/m0/s1. The minimum atomic E-state index is -0.279. The molecule has 0 unspecified atom stereocenters.